The highest BCUT2D eigenvalue weighted by atomic mass is 32.1. The highest BCUT2D eigenvalue weighted by Crippen LogP contribution is 2.32. The van der Waals surface area contributed by atoms with Crippen LogP contribution in [0.4, 0.5) is 0 Å². The molecule has 0 fully saturated rings. The molecule has 0 atom stereocenters. The normalized spacial score (nSPS) is 13.9. The molecule has 0 unspecified atom stereocenters. The molecule has 27 heavy (non-hydrogen) atoms. The summed E-state index contributed by atoms with van der Waals surface area (Å²) in [4.78, 5) is 23.9. The largest absolute Gasteiger partial charge is 0.459 e. The molecule has 0 aliphatic carbocycles. The van der Waals surface area contributed by atoms with Crippen LogP contribution in [-0.4, -0.2) is 27.3 Å². The number of hydrogen-bond acceptors (Lipinski definition) is 4. The third-order valence-corrected chi connectivity index (χ3v) is 6.27. The molecule has 136 valence electrons. The number of para-hydroxylation sites is 1. The molecule has 0 saturated heterocycles. The number of amides is 1. The quantitative estimate of drug-likeness (QED) is 0.551. The molecule has 1 aliphatic heterocycles. The summed E-state index contributed by atoms with van der Waals surface area (Å²) in [5.74, 6) is 1.61. The Morgan fingerprint density at radius 3 is 2.89 bits per heavy atom. The molecule has 4 aromatic rings. The second kappa shape index (κ2) is 6.09. The first kappa shape index (κ1) is 16.3. The number of benzene rings is 1. The minimum Gasteiger partial charge on any atom is -0.459 e. The molecular weight excluding hydrogens is 358 g/mol. The first-order valence-corrected chi connectivity index (χ1v) is 9.84. The van der Waals surface area contributed by atoms with E-state index in [4.69, 9.17) is 4.42 Å². The zero-order valence-corrected chi connectivity index (χ0v) is 16.0. The van der Waals surface area contributed by atoms with Gasteiger partial charge in [-0.25, -0.2) is 4.98 Å². The lowest BCUT2D eigenvalue weighted by molar-refractivity contribution is 0.0739. The molecule has 5 rings (SSSR count). The topological polar surface area (TPSA) is 62.1 Å². The number of aryl methyl sites for hydroxylation is 2. The van der Waals surface area contributed by atoms with E-state index in [9.17, 15) is 4.79 Å². The van der Waals surface area contributed by atoms with Crippen molar-refractivity contribution in [2.75, 3.05) is 6.54 Å². The van der Waals surface area contributed by atoms with Gasteiger partial charge in [-0.2, -0.15) is 0 Å². The standard InChI is InChI=1S/C21H19N3O2S/c1-12-7-8-18(26-12)20-22-13(2)19(27-20)21(25)24-10-9-17-15(11-24)14-5-3-4-6-16(14)23-17/h3-8,23H,9-11H2,1-2H3. The van der Waals surface area contributed by atoms with Crippen LogP contribution in [0.25, 0.3) is 21.7 Å². The van der Waals surface area contributed by atoms with Crippen molar-refractivity contribution in [3.63, 3.8) is 0 Å². The Hall–Kier alpha value is -2.86. The Bertz CT molecular complexity index is 1170. The Morgan fingerprint density at radius 2 is 2.07 bits per heavy atom. The smallest absolute Gasteiger partial charge is 0.266 e. The van der Waals surface area contributed by atoms with Gasteiger partial charge >= 0.3 is 0 Å². The lowest BCUT2D eigenvalue weighted by Gasteiger charge is -2.27. The summed E-state index contributed by atoms with van der Waals surface area (Å²) >= 11 is 1.41. The van der Waals surface area contributed by atoms with Crippen molar-refractivity contribution in [3.05, 3.63) is 64.0 Å². The van der Waals surface area contributed by atoms with Gasteiger partial charge < -0.3 is 14.3 Å². The highest BCUT2D eigenvalue weighted by Gasteiger charge is 2.27. The Labute approximate surface area is 160 Å². The minimum atomic E-state index is 0.0514. The van der Waals surface area contributed by atoms with E-state index >= 15 is 0 Å². The number of nitrogens with one attached hydrogen (secondary N) is 1. The zero-order valence-electron chi connectivity index (χ0n) is 15.2. The van der Waals surface area contributed by atoms with E-state index in [0.29, 0.717) is 18.0 Å². The lowest BCUT2D eigenvalue weighted by Crippen LogP contribution is -2.35. The number of aromatic nitrogens is 2. The molecule has 0 spiro atoms. The zero-order chi connectivity index (χ0) is 18.5. The molecule has 3 aromatic heterocycles. The number of fused-ring (bicyclic) bond motifs is 3. The summed E-state index contributed by atoms with van der Waals surface area (Å²) in [5.41, 5.74) is 4.38. The number of hydrogen-bond donors (Lipinski definition) is 1. The van der Waals surface area contributed by atoms with Gasteiger partial charge in [-0.05, 0) is 32.0 Å². The lowest BCUT2D eigenvalue weighted by atomic mass is 10.0. The number of carbonyl (C=O) groups is 1. The molecule has 5 nitrogen and oxygen atoms in total. The van der Waals surface area contributed by atoms with Crippen LogP contribution in [0.2, 0.25) is 0 Å². The summed E-state index contributed by atoms with van der Waals surface area (Å²) in [7, 11) is 0. The number of aromatic amines is 1. The fraction of sp³-hybridized carbons (Fsp3) is 0.238. The maximum absolute atomic E-state index is 13.2. The third-order valence-electron chi connectivity index (χ3n) is 5.11. The molecule has 4 heterocycles. The Balaban J connectivity index is 1.46. The number of H-pyrrole nitrogens is 1. The Morgan fingerprint density at radius 1 is 1.22 bits per heavy atom. The van der Waals surface area contributed by atoms with E-state index in [1.54, 1.807) is 0 Å². The summed E-state index contributed by atoms with van der Waals surface area (Å²) in [6, 6.07) is 12.1. The van der Waals surface area contributed by atoms with Crippen LogP contribution in [0.1, 0.15) is 32.4 Å². The van der Waals surface area contributed by atoms with Crippen LogP contribution in [-0.2, 0) is 13.0 Å². The van der Waals surface area contributed by atoms with Crippen molar-refractivity contribution in [3.8, 4) is 10.8 Å². The number of nitrogens with zero attached hydrogens (tertiary/aromatic N) is 2. The molecule has 1 aromatic carbocycles. The van der Waals surface area contributed by atoms with E-state index in [1.807, 2.05) is 43.0 Å². The minimum absolute atomic E-state index is 0.0514. The van der Waals surface area contributed by atoms with Gasteiger partial charge in [-0.15, -0.1) is 11.3 Å². The van der Waals surface area contributed by atoms with Gasteiger partial charge in [-0.1, -0.05) is 18.2 Å². The molecule has 6 heteroatoms. The summed E-state index contributed by atoms with van der Waals surface area (Å²) in [6.07, 6.45) is 0.845. The fourth-order valence-corrected chi connectivity index (χ4v) is 4.73. The number of rotatable bonds is 2. The van der Waals surface area contributed by atoms with Crippen molar-refractivity contribution in [2.45, 2.75) is 26.8 Å². The van der Waals surface area contributed by atoms with Gasteiger partial charge in [-0.3, -0.25) is 4.79 Å². The van der Waals surface area contributed by atoms with Crippen molar-refractivity contribution in [1.82, 2.24) is 14.9 Å². The number of furan rings is 1. The fourth-order valence-electron chi connectivity index (χ4n) is 3.73. The summed E-state index contributed by atoms with van der Waals surface area (Å²) in [6.45, 7) is 5.14. The van der Waals surface area contributed by atoms with Gasteiger partial charge in [0.1, 0.15) is 10.6 Å². The SMILES string of the molecule is Cc1ccc(-c2nc(C)c(C(=O)N3CCc4[nH]c5ccccc5c4C3)s2)o1. The second-order valence-electron chi connectivity index (χ2n) is 6.95. The van der Waals surface area contributed by atoms with Crippen molar-refractivity contribution in [1.29, 1.82) is 0 Å². The first-order valence-electron chi connectivity index (χ1n) is 9.02. The molecule has 0 saturated carbocycles. The summed E-state index contributed by atoms with van der Waals surface area (Å²) in [5, 5.41) is 1.96. The van der Waals surface area contributed by atoms with E-state index in [-0.39, 0.29) is 5.91 Å². The van der Waals surface area contributed by atoms with Gasteiger partial charge in [0.25, 0.3) is 5.91 Å². The highest BCUT2D eigenvalue weighted by molar-refractivity contribution is 7.17. The molecule has 0 radical (unpaired) electrons. The van der Waals surface area contributed by atoms with Crippen molar-refractivity contribution < 1.29 is 9.21 Å². The predicted molar refractivity (Wildman–Crippen MR) is 106 cm³/mol. The third kappa shape index (κ3) is 2.68. The maximum atomic E-state index is 13.2. The van der Waals surface area contributed by atoms with Crippen LogP contribution in [0, 0.1) is 13.8 Å². The van der Waals surface area contributed by atoms with Crippen LogP contribution in [0.15, 0.2) is 40.8 Å². The monoisotopic (exact) mass is 377 g/mol. The van der Waals surface area contributed by atoms with E-state index in [2.05, 4.69) is 22.1 Å². The maximum Gasteiger partial charge on any atom is 0.266 e. The van der Waals surface area contributed by atoms with Gasteiger partial charge in [0.15, 0.2) is 10.8 Å². The van der Waals surface area contributed by atoms with E-state index in [1.165, 1.54) is 28.0 Å². The first-order chi connectivity index (χ1) is 13.1. The average molecular weight is 377 g/mol. The van der Waals surface area contributed by atoms with E-state index in [0.717, 1.165) is 34.2 Å². The summed E-state index contributed by atoms with van der Waals surface area (Å²) < 4.78 is 5.67. The molecular formula is C21H19N3O2S. The van der Waals surface area contributed by atoms with Crippen LogP contribution < -0.4 is 0 Å². The van der Waals surface area contributed by atoms with Crippen LogP contribution in [0.5, 0.6) is 0 Å². The van der Waals surface area contributed by atoms with Crippen LogP contribution in [0.3, 0.4) is 0 Å². The number of carbonyl (C=O) groups excluding carboxylic acids is 1. The van der Waals surface area contributed by atoms with Crippen molar-refractivity contribution >= 4 is 28.1 Å². The molecule has 1 amide bonds. The predicted octanol–water partition coefficient (Wildman–Crippen LogP) is 4.70. The van der Waals surface area contributed by atoms with Crippen LogP contribution >= 0.6 is 11.3 Å². The van der Waals surface area contributed by atoms with Gasteiger partial charge in [0.05, 0.1) is 5.69 Å². The Kier molecular flexibility index (Phi) is 3.68. The second-order valence-corrected chi connectivity index (χ2v) is 7.95. The molecule has 0 bridgehead atoms. The number of thiazole rings is 1. The molecule has 1 N–H and O–H groups in total. The van der Waals surface area contributed by atoms with E-state index < -0.39 is 0 Å². The molecule has 1 aliphatic rings. The van der Waals surface area contributed by atoms with Gasteiger partial charge in [0, 0.05) is 41.7 Å². The van der Waals surface area contributed by atoms with Crippen molar-refractivity contribution in [2.24, 2.45) is 0 Å². The van der Waals surface area contributed by atoms with Gasteiger partial charge in [0.2, 0.25) is 0 Å². The average Bonchev–Trinajstić information content (AvgIpc) is 3.37.